The summed E-state index contributed by atoms with van der Waals surface area (Å²) in [4.78, 5) is 11.9. The second-order valence-electron chi connectivity index (χ2n) is 5.78. The van der Waals surface area contributed by atoms with Gasteiger partial charge < -0.3 is 25.6 Å². The van der Waals surface area contributed by atoms with Crippen molar-refractivity contribution in [1.29, 1.82) is 0 Å². The van der Waals surface area contributed by atoms with Crippen molar-refractivity contribution < 1.29 is 19.4 Å². The number of allylic oxidation sites excluding steroid dienone is 1. The van der Waals surface area contributed by atoms with Crippen LogP contribution >= 0.6 is 11.6 Å². The fraction of sp³-hybridized carbons (Fsp3) is 0.250. The highest BCUT2D eigenvalue weighted by Gasteiger charge is 2.14. The summed E-state index contributed by atoms with van der Waals surface area (Å²) < 4.78 is 10.2. The largest absolute Gasteiger partial charge is 0.508 e. The van der Waals surface area contributed by atoms with Crippen LogP contribution in [0.25, 0.3) is 0 Å². The number of nitrogens with one attached hydrogen (secondary N) is 1. The van der Waals surface area contributed by atoms with Crippen LogP contribution in [-0.2, 0) is 16.0 Å². The third-order valence-corrected chi connectivity index (χ3v) is 4.07. The summed E-state index contributed by atoms with van der Waals surface area (Å²) in [6, 6.07) is 11.1. The highest BCUT2D eigenvalue weighted by atomic mass is 35.5. The molecule has 6 nitrogen and oxygen atoms in total. The van der Waals surface area contributed by atoms with Gasteiger partial charge in [0, 0.05) is 18.2 Å². The summed E-state index contributed by atoms with van der Waals surface area (Å²) in [6.45, 7) is 1.97. The van der Waals surface area contributed by atoms with E-state index < -0.39 is 12.0 Å². The minimum atomic E-state index is -0.922. The van der Waals surface area contributed by atoms with E-state index in [1.165, 1.54) is 0 Å². The van der Waals surface area contributed by atoms with Crippen molar-refractivity contribution in [2.24, 2.45) is 5.73 Å². The molecule has 0 saturated carbocycles. The van der Waals surface area contributed by atoms with Gasteiger partial charge in [0.05, 0.1) is 24.4 Å². The number of aromatic hydroxyl groups is 1. The zero-order chi connectivity index (χ0) is 19.8. The van der Waals surface area contributed by atoms with Crippen molar-refractivity contribution in [3.63, 3.8) is 0 Å². The predicted octanol–water partition coefficient (Wildman–Crippen LogP) is 3.48. The Kier molecular flexibility index (Phi) is 7.52. The third kappa shape index (κ3) is 6.20. The Hall–Kier alpha value is -2.70. The number of carbonyl (C=O) groups is 1. The van der Waals surface area contributed by atoms with Crippen molar-refractivity contribution in [1.82, 2.24) is 0 Å². The van der Waals surface area contributed by atoms with Gasteiger partial charge in [0.15, 0.2) is 0 Å². The fourth-order valence-electron chi connectivity index (χ4n) is 2.40. The Balaban J connectivity index is 2.31. The fourth-order valence-corrected chi connectivity index (χ4v) is 2.57. The van der Waals surface area contributed by atoms with Crippen LogP contribution in [0, 0.1) is 0 Å². The van der Waals surface area contributed by atoms with Gasteiger partial charge in [-0.05, 0) is 42.8 Å². The first-order chi connectivity index (χ1) is 12.9. The summed E-state index contributed by atoms with van der Waals surface area (Å²) in [5.41, 5.74) is 8.14. The molecule has 4 N–H and O–H groups in total. The molecule has 0 aliphatic heterocycles. The lowest BCUT2D eigenvalue weighted by atomic mass is 10.1. The van der Waals surface area contributed by atoms with E-state index in [1.807, 2.05) is 0 Å². The Morgan fingerprint density at radius 1 is 1.30 bits per heavy atom. The lowest BCUT2D eigenvalue weighted by molar-refractivity contribution is -0.143. The van der Waals surface area contributed by atoms with Gasteiger partial charge >= 0.3 is 5.97 Å². The Bertz CT molecular complexity index is 806. The maximum atomic E-state index is 11.9. The van der Waals surface area contributed by atoms with Crippen molar-refractivity contribution in [2.75, 3.05) is 19.0 Å². The number of hydrogen-bond donors (Lipinski definition) is 3. The van der Waals surface area contributed by atoms with E-state index >= 15 is 0 Å². The lowest BCUT2D eigenvalue weighted by Gasteiger charge is -2.16. The monoisotopic (exact) mass is 390 g/mol. The number of halogens is 1. The smallest absolute Gasteiger partial charge is 0.326 e. The molecule has 0 spiro atoms. The molecule has 0 aliphatic carbocycles. The van der Waals surface area contributed by atoms with Crippen LogP contribution in [0.3, 0.4) is 0 Å². The van der Waals surface area contributed by atoms with Gasteiger partial charge in [0.1, 0.15) is 17.5 Å². The molecule has 0 bridgehead atoms. The van der Waals surface area contributed by atoms with E-state index in [2.05, 4.69) is 5.32 Å². The second kappa shape index (κ2) is 9.85. The van der Waals surface area contributed by atoms with Crippen LogP contribution < -0.4 is 15.8 Å². The average Bonchev–Trinajstić information content (AvgIpc) is 2.65. The molecule has 0 saturated heterocycles. The first kappa shape index (κ1) is 20.6. The van der Waals surface area contributed by atoms with Crippen LogP contribution in [0.15, 0.2) is 54.2 Å². The summed E-state index contributed by atoms with van der Waals surface area (Å²) in [5.74, 6) is 0.302. The van der Waals surface area contributed by atoms with Crippen LogP contribution in [0.2, 0.25) is 5.02 Å². The summed E-state index contributed by atoms with van der Waals surface area (Å²) >= 11 is 6.27. The predicted molar refractivity (Wildman–Crippen MR) is 106 cm³/mol. The van der Waals surface area contributed by atoms with E-state index in [4.69, 9.17) is 26.8 Å². The van der Waals surface area contributed by atoms with Gasteiger partial charge in [0.25, 0.3) is 0 Å². The molecule has 0 aromatic heterocycles. The van der Waals surface area contributed by atoms with Crippen molar-refractivity contribution >= 4 is 23.3 Å². The van der Waals surface area contributed by atoms with Gasteiger partial charge in [0.2, 0.25) is 0 Å². The number of nitrogens with two attached hydrogens (primary N) is 1. The molecule has 0 fully saturated rings. The molecule has 27 heavy (non-hydrogen) atoms. The van der Waals surface area contributed by atoms with Crippen LogP contribution in [-0.4, -0.2) is 30.8 Å². The number of anilines is 1. The van der Waals surface area contributed by atoms with Gasteiger partial charge in [-0.25, -0.2) is 0 Å². The quantitative estimate of drug-likeness (QED) is 0.597. The minimum absolute atomic E-state index is 0.177. The highest BCUT2D eigenvalue weighted by molar-refractivity contribution is 6.33. The molecular formula is C20H23ClN2O4. The molecule has 1 unspecified atom stereocenters. The normalized spacial score (nSPS) is 12.4. The molecule has 0 amide bonds. The maximum absolute atomic E-state index is 11.9. The number of carbonyl (C=O) groups excluding carboxylic acids is 1. The first-order valence-electron chi connectivity index (χ1n) is 8.44. The number of esters is 1. The molecule has 144 valence electrons. The molecule has 2 rings (SSSR count). The molecule has 2 aromatic rings. The summed E-state index contributed by atoms with van der Waals surface area (Å²) in [7, 11) is 1.57. The summed E-state index contributed by atoms with van der Waals surface area (Å²) in [6.07, 6.45) is 2.04. The zero-order valence-corrected chi connectivity index (χ0v) is 16.0. The number of hydrogen-bond acceptors (Lipinski definition) is 6. The van der Waals surface area contributed by atoms with E-state index in [1.54, 1.807) is 62.6 Å². The second-order valence-corrected chi connectivity index (χ2v) is 6.19. The van der Waals surface area contributed by atoms with Gasteiger partial charge in [-0.15, -0.1) is 0 Å². The Morgan fingerprint density at radius 2 is 2.00 bits per heavy atom. The number of rotatable bonds is 8. The van der Waals surface area contributed by atoms with Crippen molar-refractivity contribution in [2.45, 2.75) is 19.4 Å². The van der Waals surface area contributed by atoms with E-state index in [-0.39, 0.29) is 12.4 Å². The number of phenolic OH excluding ortho intramolecular Hbond substituents is 1. The zero-order valence-electron chi connectivity index (χ0n) is 15.2. The molecule has 0 heterocycles. The molecule has 0 radical (unpaired) electrons. The molecule has 2 aromatic carbocycles. The molecule has 1 atom stereocenters. The van der Waals surface area contributed by atoms with Gasteiger partial charge in [-0.1, -0.05) is 23.7 Å². The number of ether oxygens (including phenoxy) is 2. The molecule has 7 heteroatoms. The molecular weight excluding hydrogens is 368 g/mol. The highest BCUT2D eigenvalue weighted by Crippen LogP contribution is 2.28. The SMILES string of the molecule is CCOC(=O)C(N)/C=C(/Cc1ccc(O)cc1)Nc1cc(OC)ccc1Cl. The van der Waals surface area contributed by atoms with Crippen molar-refractivity contribution in [3.05, 3.63) is 64.8 Å². The number of phenols is 1. The number of benzene rings is 2. The van der Waals surface area contributed by atoms with Crippen LogP contribution in [0.4, 0.5) is 5.69 Å². The Morgan fingerprint density at radius 3 is 2.63 bits per heavy atom. The third-order valence-electron chi connectivity index (χ3n) is 3.74. The van der Waals surface area contributed by atoms with Gasteiger partial charge in [-0.2, -0.15) is 0 Å². The topological polar surface area (TPSA) is 93.8 Å². The standard InChI is InChI=1S/C20H23ClN2O4/c1-3-27-20(25)18(22)11-14(10-13-4-6-15(24)7-5-13)23-19-12-16(26-2)8-9-17(19)21/h4-9,11-12,18,23-24H,3,10,22H2,1-2H3/b14-11-. The van der Waals surface area contributed by atoms with E-state index in [0.29, 0.717) is 28.6 Å². The van der Waals surface area contributed by atoms with Crippen LogP contribution in [0.1, 0.15) is 12.5 Å². The minimum Gasteiger partial charge on any atom is -0.508 e. The Labute approximate surface area is 163 Å². The van der Waals surface area contributed by atoms with E-state index in [9.17, 15) is 9.90 Å². The first-order valence-corrected chi connectivity index (χ1v) is 8.82. The lowest BCUT2D eigenvalue weighted by Crippen LogP contribution is -2.31. The van der Waals surface area contributed by atoms with Crippen molar-refractivity contribution in [3.8, 4) is 11.5 Å². The molecule has 0 aliphatic rings. The maximum Gasteiger partial charge on any atom is 0.326 e. The van der Waals surface area contributed by atoms with E-state index in [0.717, 1.165) is 5.56 Å². The van der Waals surface area contributed by atoms with Gasteiger partial charge in [-0.3, -0.25) is 4.79 Å². The average molecular weight is 391 g/mol. The summed E-state index contributed by atoms with van der Waals surface area (Å²) in [5, 5.41) is 13.2. The van der Waals surface area contributed by atoms with Crippen LogP contribution in [0.5, 0.6) is 11.5 Å². The number of methoxy groups -OCH3 is 1.